The summed E-state index contributed by atoms with van der Waals surface area (Å²) in [7, 11) is 1.59. The third-order valence-corrected chi connectivity index (χ3v) is 5.45. The van der Waals surface area contributed by atoms with E-state index in [1.54, 1.807) is 18.9 Å². The Morgan fingerprint density at radius 3 is 2.69 bits per heavy atom. The maximum Gasteiger partial charge on any atom is 0.324 e. The van der Waals surface area contributed by atoms with Gasteiger partial charge in [0, 0.05) is 13.0 Å². The summed E-state index contributed by atoms with van der Waals surface area (Å²) in [6, 6.07) is 6.06. The molecule has 3 N–H and O–H groups in total. The average Bonchev–Trinajstić information content (AvgIpc) is 3.01. The molecule has 0 radical (unpaired) electrons. The first kappa shape index (κ1) is 23.0. The molecule has 0 aromatic heterocycles. The van der Waals surface area contributed by atoms with Crippen molar-refractivity contribution in [1.82, 2.24) is 15.5 Å². The van der Waals surface area contributed by atoms with Gasteiger partial charge in [0.1, 0.15) is 11.8 Å². The van der Waals surface area contributed by atoms with Gasteiger partial charge in [0.25, 0.3) is 5.91 Å². The van der Waals surface area contributed by atoms with Crippen LogP contribution in [-0.4, -0.2) is 72.2 Å². The Morgan fingerprint density at radius 1 is 1.34 bits per heavy atom. The van der Waals surface area contributed by atoms with Crippen molar-refractivity contribution in [1.29, 1.82) is 0 Å². The maximum absolute atomic E-state index is 12.5. The zero-order valence-corrected chi connectivity index (χ0v) is 17.7. The second kappa shape index (κ2) is 11.7. The van der Waals surface area contributed by atoms with Crippen molar-refractivity contribution in [2.75, 3.05) is 32.3 Å². The van der Waals surface area contributed by atoms with Crippen molar-refractivity contribution >= 4 is 29.6 Å². The summed E-state index contributed by atoms with van der Waals surface area (Å²) >= 11 is 1.65. The highest BCUT2D eigenvalue weighted by Crippen LogP contribution is 2.15. The number of nitrogens with zero attached hydrogens (tertiary/aromatic N) is 1. The van der Waals surface area contributed by atoms with E-state index in [2.05, 4.69) is 10.6 Å². The summed E-state index contributed by atoms with van der Waals surface area (Å²) in [4.78, 5) is 37.9. The highest BCUT2D eigenvalue weighted by molar-refractivity contribution is 7.98. The Hall–Kier alpha value is -2.26. The Labute approximate surface area is 175 Å². The largest absolute Gasteiger partial charge is 0.497 e. The summed E-state index contributed by atoms with van der Waals surface area (Å²) in [5.41, 5.74) is 0.995. The van der Waals surface area contributed by atoms with Crippen molar-refractivity contribution in [3.8, 4) is 5.75 Å². The van der Waals surface area contributed by atoms with E-state index >= 15 is 0 Å². The van der Waals surface area contributed by atoms with Crippen molar-refractivity contribution in [3.05, 3.63) is 29.8 Å². The van der Waals surface area contributed by atoms with Crippen LogP contribution < -0.4 is 15.4 Å². The minimum atomic E-state index is -0.692. The molecular weight excluding hydrogens is 394 g/mol. The maximum atomic E-state index is 12.5. The Morgan fingerprint density at radius 2 is 2.07 bits per heavy atom. The molecule has 8 nitrogen and oxygen atoms in total. The third-order valence-electron chi connectivity index (χ3n) is 4.81. The molecule has 1 aliphatic heterocycles. The van der Waals surface area contributed by atoms with E-state index in [-0.39, 0.29) is 43.8 Å². The molecule has 1 aromatic carbocycles. The number of amides is 4. The number of hydrogen-bond donors (Lipinski definition) is 3. The fourth-order valence-electron chi connectivity index (χ4n) is 3.06. The second-order valence-electron chi connectivity index (χ2n) is 6.86. The number of aliphatic hydroxyl groups excluding tert-OH is 1. The molecular formula is C20H29N3O5S. The molecule has 0 saturated carbocycles. The van der Waals surface area contributed by atoms with Crippen LogP contribution in [0.3, 0.4) is 0 Å². The number of methoxy groups -OCH3 is 1. The smallest absolute Gasteiger partial charge is 0.324 e. The zero-order chi connectivity index (χ0) is 21.2. The number of nitrogens with one attached hydrogen (secondary N) is 2. The SMILES string of the molecule is COc1ccc(CCN2C(=O)N[C@@H](CCC(=O)N[C@H](CO)CCSC)C2=O)cc1. The van der Waals surface area contributed by atoms with Crippen molar-refractivity contribution in [2.45, 2.75) is 37.8 Å². The summed E-state index contributed by atoms with van der Waals surface area (Å²) in [6.07, 6.45) is 3.53. The van der Waals surface area contributed by atoms with Crippen LogP contribution in [0.25, 0.3) is 0 Å². The molecule has 1 fully saturated rings. The Balaban J connectivity index is 1.79. The minimum Gasteiger partial charge on any atom is -0.497 e. The molecule has 9 heteroatoms. The van der Waals surface area contributed by atoms with Gasteiger partial charge in [-0.1, -0.05) is 12.1 Å². The highest BCUT2D eigenvalue weighted by Gasteiger charge is 2.37. The predicted octanol–water partition coefficient (Wildman–Crippen LogP) is 1.17. The molecule has 0 aliphatic carbocycles. The molecule has 2 atom stereocenters. The summed E-state index contributed by atoms with van der Waals surface area (Å²) < 4.78 is 5.12. The van der Waals surface area contributed by atoms with Gasteiger partial charge in [-0.3, -0.25) is 14.5 Å². The molecule has 160 valence electrons. The molecule has 4 amide bonds. The number of imide groups is 1. The molecule has 1 saturated heterocycles. The first-order valence-corrected chi connectivity index (χ1v) is 11.0. The third kappa shape index (κ3) is 6.93. The Kier molecular flexibility index (Phi) is 9.27. The minimum absolute atomic E-state index is 0.110. The van der Waals surface area contributed by atoms with E-state index in [0.29, 0.717) is 12.8 Å². The van der Waals surface area contributed by atoms with Gasteiger partial charge >= 0.3 is 6.03 Å². The van der Waals surface area contributed by atoms with Crippen LogP contribution in [0.15, 0.2) is 24.3 Å². The van der Waals surface area contributed by atoms with E-state index in [4.69, 9.17) is 4.74 Å². The Bertz CT molecular complexity index is 698. The van der Waals surface area contributed by atoms with Crippen LogP contribution in [0.1, 0.15) is 24.8 Å². The molecule has 0 unspecified atom stereocenters. The number of carbonyl (C=O) groups excluding carboxylic acids is 3. The molecule has 1 aromatic rings. The number of thioether (sulfide) groups is 1. The van der Waals surface area contributed by atoms with Crippen molar-refractivity contribution < 1.29 is 24.2 Å². The number of aliphatic hydroxyl groups is 1. The van der Waals surface area contributed by atoms with Gasteiger partial charge in [-0.15, -0.1) is 0 Å². The molecule has 0 bridgehead atoms. The predicted molar refractivity (Wildman–Crippen MR) is 112 cm³/mol. The van der Waals surface area contributed by atoms with E-state index in [9.17, 15) is 19.5 Å². The van der Waals surface area contributed by atoms with Gasteiger partial charge in [0.2, 0.25) is 5.91 Å². The number of ether oxygens (including phenoxy) is 1. The number of hydrogen-bond acceptors (Lipinski definition) is 6. The lowest BCUT2D eigenvalue weighted by Gasteiger charge is -2.16. The average molecular weight is 424 g/mol. The standard InChI is InChI=1S/C20H29N3O5S/c1-28-16-5-3-14(4-6-16)9-11-23-19(26)17(22-20(23)27)7-8-18(25)21-15(13-24)10-12-29-2/h3-6,15,17,24H,7-13H2,1-2H3,(H,21,25)(H,22,27)/t15-,17-/m0/s1. The van der Waals surface area contributed by atoms with E-state index in [1.165, 1.54) is 4.90 Å². The lowest BCUT2D eigenvalue weighted by atomic mass is 10.1. The number of benzene rings is 1. The monoisotopic (exact) mass is 423 g/mol. The lowest BCUT2D eigenvalue weighted by molar-refractivity contribution is -0.127. The molecule has 1 heterocycles. The molecule has 1 aliphatic rings. The van der Waals surface area contributed by atoms with Crippen LogP contribution in [0.2, 0.25) is 0 Å². The fraction of sp³-hybridized carbons (Fsp3) is 0.550. The van der Waals surface area contributed by atoms with Gasteiger partial charge in [-0.05, 0) is 49.0 Å². The van der Waals surface area contributed by atoms with Crippen LogP contribution in [0.4, 0.5) is 4.79 Å². The summed E-state index contributed by atoms with van der Waals surface area (Å²) in [5.74, 6) is 1.05. The van der Waals surface area contributed by atoms with E-state index < -0.39 is 12.1 Å². The van der Waals surface area contributed by atoms with Gasteiger partial charge in [0.15, 0.2) is 0 Å². The normalized spacial score (nSPS) is 17.2. The quantitative estimate of drug-likeness (QED) is 0.436. The van der Waals surface area contributed by atoms with Gasteiger partial charge in [0.05, 0.1) is 19.8 Å². The van der Waals surface area contributed by atoms with E-state index in [1.807, 2.05) is 30.5 Å². The molecule has 0 spiro atoms. The van der Waals surface area contributed by atoms with Gasteiger partial charge in [-0.25, -0.2) is 4.79 Å². The van der Waals surface area contributed by atoms with Crippen LogP contribution in [0.5, 0.6) is 5.75 Å². The lowest BCUT2D eigenvalue weighted by Crippen LogP contribution is -2.39. The van der Waals surface area contributed by atoms with Crippen LogP contribution in [0, 0.1) is 0 Å². The molecule has 2 rings (SSSR count). The van der Waals surface area contributed by atoms with Crippen LogP contribution >= 0.6 is 11.8 Å². The van der Waals surface area contributed by atoms with Crippen molar-refractivity contribution in [3.63, 3.8) is 0 Å². The van der Waals surface area contributed by atoms with Crippen molar-refractivity contribution in [2.24, 2.45) is 0 Å². The summed E-state index contributed by atoms with van der Waals surface area (Å²) in [5, 5.41) is 14.7. The zero-order valence-electron chi connectivity index (χ0n) is 16.8. The van der Waals surface area contributed by atoms with Crippen LogP contribution in [-0.2, 0) is 16.0 Å². The fourth-order valence-corrected chi connectivity index (χ4v) is 3.58. The van der Waals surface area contributed by atoms with E-state index in [0.717, 1.165) is 17.1 Å². The second-order valence-corrected chi connectivity index (χ2v) is 7.84. The number of urea groups is 1. The highest BCUT2D eigenvalue weighted by atomic mass is 32.2. The number of rotatable bonds is 12. The molecule has 29 heavy (non-hydrogen) atoms. The topological polar surface area (TPSA) is 108 Å². The summed E-state index contributed by atoms with van der Waals surface area (Å²) in [6.45, 7) is 0.158. The van der Waals surface area contributed by atoms with Gasteiger partial charge < -0.3 is 20.5 Å². The number of carbonyl (C=O) groups is 3. The first-order valence-electron chi connectivity index (χ1n) is 9.62. The van der Waals surface area contributed by atoms with Gasteiger partial charge in [-0.2, -0.15) is 11.8 Å². The first-order chi connectivity index (χ1) is 14.0.